The molecule has 1 aromatic heterocycles. The fourth-order valence-electron chi connectivity index (χ4n) is 1.83. The van der Waals surface area contributed by atoms with E-state index in [1.807, 2.05) is 18.2 Å². The van der Waals surface area contributed by atoms with Gasteiger partial charge in [-0.1, -0.05) is 6.07 Å². The van der Waals surface area contributed by atoms with Crippen molar-refractivity contribution in [1.82, 2.24) is 14.9 Å². The molecule has 18 heavy (non-hydrogen) atoms. The van der Waals surface area contributed by atoms with Crippen molar-refractivity contribution in [2.45, 2.75) is 6.54 Å². The van der Waals surface area contributed by atoms with Crippen LogP contribution in [0.3, 0.4) is 0 Å². The quantitative estimate of drug-likeness (QED) is 0.723. The molecule has 5 N–H and O–H groups in total. The van der Waals surface area contributed by atoms with Crippen LogP contribution in [0.5, 0.6) is 5.75 Å². The number of anilines is 1. The number of methoxy groups -OCH3 is 1. The number of benzene rings is 1. The van der Waals surface area contributed by atoms with Crippen molar-refractivity contribution in [3.63, 3.8) is 0 Å². The number of urea groups is 1. The molecule has 0 aliphatic heterocycles. The Kier molecular flexibility index (Phi) is 3.22. The first-order valence-electron chi connectivity index (χ1n) is 5.45. The monoisotopic (exact) mass is 249 g/mol. The van der Waals surface area contributed by atoms with Gasteiger partial charge in [0.1, 0.15) is 11.3 Å². The molecule has 0 aliphatic rings. The molecule has 0 spiro atoms. The molecule has 0 saturated heterocycles. The molecule has 0 bridgehead atoms. The Labute approximate surface area is 104 Å². The molecule has 2 aromatic rings. The number of nitrogens with one attached hydrogen (secondary N) is 1. The molecule has 2 rings (SSSR count). The molecule has 96 valence electrons. The summed E-state index contributed by atoms with van der Waals surface area (Å²) in [5.41, 5.74) is 12.4. The number of ether oxygens (including phenoxy) is 1. The summed E-state index contributed by atoms with van der Waals surface area (Å²) < 4.78 is 7.02. The number of primary amides is 1. The lowest BCUT2D eigenvalue weighted by Crippen LogP contribution is -2.32. The van der Waals surface area contributed by atoms with Crippen LogP contribution in [0.2, 0.25) is 0 Å². The molecule has 0 atom stereocenters. The van der Waals surface area contributed by atoms with Crippen LogP contribution < -0.4 is 21.5 Å². The number of nitrogens with two attached hydrogens (primary N) is 2. The van der Waals surface area contributed by atoms with Gasteiger partial charge < -0.3 is 26.1 Å². The Morgan fingerprint density at radius 1 is 1.56 bits per heavy atom. The average Bonchev–Trinajstić information content (AvgIpc) is 2.65. The minimum absolute atomic E-state index is 0.376. The van der Waals surface area contributed by atoms with E-state index in [0.29, 0.717) is 30.3 Å². The Hall–Kier alpha value is -2.44. The van der Waals surface area contributed by atoms with E-state index in [4.69, 9.17) is 16.2 Å². The number of fused-ring (bicyclic) bond motifs is 1. The van der Waals surface area contributed by atoms with Crippen molar-refractivity contribution in [3.05, 3.63) is 18.2 Å². The first-order valence-corrected chi connectivity index (χ1v) is 5.45. The molecule has 2 amide bonds. The van der Waals surface area contributed by atoms with Gasteiger partial charge in [0.25, 0.3) is 0 Å². The standard InChI is InChI=1S/C11H15N5O2/c1-18-8-4-2-3-7-9(8)15-10(12)16(7)6-5-14-11(13)17/h2-4H,5-6H2,1H3,(H2,12,15)(H3,13,14,17). The molecule has 0 aliphatic carbocycles. The van der Waals surface area contributed by atoms with E-state index >= 15 is 0 Å². The van der Waals surface area contributed by atoms with Gasteiger partial charge in [0.15, 0.2) is 0 Å². The van der Waals surface area contributed by atoms with Gasteiger partial charge >= 0.3 is 6.03 Å². The normalized spacial score (nSPS) is 10.5. The van der Waals surface area contributed by atoms with E-state index in [2.05, 4.69) is 10.3 Å². The van der Waals surface area contributed by atoms with Crippen molar-refractivity contribution in [2.75, 3.05) is 19.4 Å². The molecule has 0 unspecified atom stereocenters. The van der Waals surface area contributed by atoms with Crippen LogP contribution in [0, 0.1) is 0 Å². The highest BCUT2D eigenvalue weighted by Gasteiger charge is 2.11. The number of nitrogens with zero attached hydrogens (tertiary/aromatic N) is 2. The van der Waals surface area contributed by atoms with Gasteiger partial charge in [-0.25, -0.2) is 9.78 Å². The number of para-hydroxylation sites is 1. The molecule has 1 heterocycles. The van der Waals surface area contributed by atoms with E-state index < -0.39 is 6.03 Å². The van der Waals surface area contributed by atoms with Gasteiger partial charge in [0, 0.05) is 13.1 Å². The molecule has 0 saturated carbocycles. The Morgan fingerprint density at radius 2 is 2.33 bits per heavy atom. The van der Waals surface area contributed by atoms with Crippen molar-refractivity contribution in [3.8, 4) is 5.75 Å². The summed E-state index contributed by atoms with van der Waals surface area (Å²) in [6, 6.07) is 5.02. The number of amides is 2. The maximum Gasteiger partial charge on any atom is 0.312 e. The maximum absolute atomic E-state index is 10.6. The molecule has 7 nitrogen and oxygen atoms in total. The predicted octanol–water partition coefficient (Wildman–Crippen LogP) is 0.295. The number of hydrogen-bond donors (Lipinski definition) is 3. The molecular weight excluding hydrogens is 234 g/mol. The second-order valence-electron chi connectivity index (χ2n) is 3.74. The highest BCUT2D eigenvalue weighted by Crippen LogP contribution is 2.26. The molecule has 1 aromatic carbocycles. The topological polar surface area (TPSA) is 108 Å². The van der Waals surface area contributed by atoms with Gasteiger partial charge in [-0.15, -0.1) is 0 Å². The number of hydrogen-bond acceptors (Lipinski definition) is 4. The highest BCUT2D eigenvalue weighted by atomic mass is 16.5. The van der Waals surface area contributed by atoms with Crippen molar-refractivity contribution in [2.24, 2.45) is 5.73 Å². The van der Waals surface area contributed by atoms with Gasteiger partial charge in [-0.3, -0.25) is 0 Å². The highest BCUT2D eigenvalue weighted by molar-refractivity contribution is 5.84. The van der Waals surface area contributed by atoms with E-state index in [9.17, 15) is 4.79 Å². The lowest BCUT2D eigenvalue weighted by atomic mass is 10.3. The first kappa shape index (κ1) is 12.0. The van der Waals surface area contributed by atoms with Gasteiger partial charge in [-0.2, -0.15) is 0 Å². The van der Waals surface area contributed by atoms with Crippen LogP contribution in [0.25, 0.3) is 11.0 Å². The third-order valence-corrected chi connectivity index (χ3v) is 2.63. The number of carbonyl (C=O) groups is 1. The van der Waals surface area contributed by atoms with E-state index in [0.717, 1.165) is 5.52 Å². The van der Waals surface area contributed by atoms with Crippen molar-refractivity contribution in [1.29, 1.82) is 0 Å². The van der Waals surface area contributed by atoms with E-state index in [-0.39, 0.29) is 0 Å². The molecule has 7 heteroatoms. The average molecular weight is 249 g/mol. The van der Waals surface area contributed by atoms with E-state index in [1.165, 1.54) is 0 Å². The maximum atomic E-state index is 10.6. The lowest BCUT2D eigenvalue weighted by molar-refractivity contribution is 0.248. The van der Waals surface area contributed by atoms with Crippen LogP contribution in [-0.4, -0.2) is 29.2 Å². The van der Waals surface area contributed by atoms with Gasteiger partial charge in [0.05, 0.1) is 12.6 Å². The van der Waals surface area contributed by atoms with Crippen molar-refractivity contribution < 1.29 is 9.53 Å². The van der Waals surface area contributed by atoms with Gasteiger partial charge in [0.2, 0.25) is 5.95 Å². The summed E-state index contributed by atoms with van der Waals surface area (Å²) in [5, 5.41) is 2.51. The van der Waals surface area contributed by atoms with Crippen LogP contribution in [0.15, 0.2) is 18.2 Å². The van der Waals surface area contributed by atoms with Crippen LogP contribution in [-0.2, 0) is 6.54 Å². The van der Waals surface area contributed by atoms with E-state index in [1.54, 1.807) is 11.7 Å². The Bertz CT molecular complexity index is 578. The fraction of sp³-hybridized carbons (Fsp3) is 0.273. The molecular formula is C11H15N5O2. The first-order chi connectivity index (χ1) is 8.63. The Balaban J connectivity index is 2.32. The van der Waals surface area contributed by atoms with Crippen LogP contribution in [0.4, 0.5) is 10.7 Å². The van der Waals surface area contributed by atoms with Crippen LogP contribution >= 0.6 is 0 Å². The summed E-state index contributed by atoms with van der Waals surface area (Å²) in [7, 11) is 1.58. The SMILES string of the molecule is COc1cccc2c1nc(N)n2CCNC(N)=O. The van der Waals surface area contributed by atoms with Crippen molar-refractivity contribution >= 4 is 23.0 Å². The predicted molar refractivity (Wildman–Crippen MR) is 68.3 cm³/mol. The zero-order chi connectivity index (χ0) is 13.1. The van der Waals surface area contributed by atoms with Crippen LogP contribution in [0.1, 0.15) is 0 Å². The zero-order valence-electron chi connectivity index (χ0n) is 10.0. The minimum Gasteiger partial charge on any atom is -0.494 e. The second-order valence-corrected chi connectivity index (χ2v) is 3.74. The third kappa shape index (κ3) is 2.15. The number of nitrogen functional groups attached to an aromatic ring is 1. The fourth-order valence-corrected chi connectivity index (χ4v) is 1.83. The summed E-state index contributed by atoms with van der Waals surface area (Å²) in [6.45, 7) is 0.890. The number of imidazole rings is 1. The van der Waals surface area contributed by atoms with Gasteiger partial charge in [-0.05, 0) is 12.1 Å². The second kappa shape index (κ2) is 4.82. The number of aromatic nitrogens is 2. The minimum atomic E-state index is -0.560. The largest absolute Gasteiger partial charge is 0.494 e. The molecule has 0 radical (unpaired) electrons. The Morgan fingerprint density at radius 3 is 3.00 bits per heavy atom. The molecule has 0 fully saturated rings. The summed E-state index contributed by atoms with van der Waals surface area (Å²) >= 11 is 0. The smallest absolute Gasteiger partial charge is 0.312 e. The summed E-state index contributed by atoms with van der Waals surface area (Å²) in [5.74, 6) is 1.04. The third-order valence-electron chi connectivity index (χ3n) is 2.63. The summed E-state index contributed by atoms with van der Waals surface area (Å²) in [4.78, 5) is 14.9. The summed E-state index contributed by atoms with van der Waals surface area (Å²) in [6.07, 6.45) is 0. The number of rotatable bonds is 4. The zero-order valence-corrected chi connectivity index (χ0v) is 10.0. The lowest BCUT2D eigenvalue weighted by Gasteiger charge is -2.07. The number of carbonyl (C=O) groups excluding carboxylic acids is 1.